The first-order valence-corrected chi connectivity index (χ1v) is 12.8. The number of amides is 1. The second kappa shape index (κ2) is 9.99. The second-order valence-corrected chi connectivity index (χ2v) is 10.0. The van der Waals surface area contributed by atoms with Crippen LogP contribution in [0.25, 0.3) is 22.4 Å². The zero-order chi connectivity index (χ0) is 25.2. The number of hydrogen-bond donors (Lipinski definition) is 0. The number of aromatic nitrogens is 4. The van der Waals surface area contributed by atoms with Crippen molar-refractivity contribution in [2.45, 2.75) is 37.7 Å². The first-order chi connectivity index (χ1) is 17.5. The lowest BCUT2D eigenvalue weighted by atomic mass is 10.2. The van der Waals surface area contributed by atoms with Crippen molar-refractivity contribution in [3.8, 4) is 5.69 Å². The van der Waals surface area contributed by atoms with Crippen molar-refractivity contribution < 1.29 is 4.79 Å². The number of para-hydroxylation sites is 1. The zero-order valence-electron chi connectivity index (χ0n) is 20.5. The molecule has 0 bridgehead atoms. The lowest BCUT2D eigenvalue weighted by molar-refractivity contribution is -0.130. The molecule has 1 amide bonds. The van der Waals surface area contributed by atoms with E-state index in [0.29, 0.717) is 34.9 Å². The highest BCUT2D eigenvalue weighted by molar-refractivity contribution is 8.00. The molecule has 5 aromatic rings. The van der Waals surface area contributed by atoms with E-state index in [1.54, 1.807) is 4.57 Å². The predicted octanol–water partition coefficient (Wildman–Crippen LogP) is 4.87. The minimum absolute atomic E-state index is 0.0271. The van der Waals surface area contributed by atoms with Crippen molar-refractivity contribution in [1.29, 1.82) is 0 Å². The van der Waals surface area contributed by atoms with E-state index in [1.807, 2.05) is 109 Å². The van der Waals surface area contributed by atoms with Crippen molar-refractivity contribution in [2.75, 3.05) is 6.54 Å². The van der Waals surface area contributed by atoms with E-state index in [0.717, 1.165) is 16.8 Å². The molecule has 0 aliphatic rings. The van der Waals surface area contributed by atoms with Crippen LogP contribution in [0.1, 0.15) is 25.0 Å². The largest absolute Gasteiger partial charge is 0.338 e. The summed E-state index contributed by atoms with van der Waals surface area (Å²) in [5, 5.41) is 9.57. The normalized spacial score (nSPS) is 12.2. The summed E-state index contributed by atoms with van der Waals surface area (Å²) in [5.41, 5.74) is 3.46. The van der Waals surface area contributed by atoms with Gasteiger partial charge in [0.05, 0.1) is 21.8 Å². The molecule has 1 atom stereocenters. The van der Waals surface area contributed by atoms with Crippen LogP contribution in [0.15, 0.2) is 88.8 Å². The fourth-order valence-electron chi connectivity index (χ4n) is 4.30. The third-order valence-corrected chi connectivity index (χ3v) is 7.26. The average molecular weight is 498 g/mol. The Bertz CT molecular complexity index is 1590. The molecule has 0 radical (unpaired) electrons. The summed E-state index contributed by atoms with van der Waals surface area (Å²) in [6, 6.07) is 25.1. The van der Waals surface area contributed by atoms with Gasteiger partial charge in [0.15, 0.2) is 5.16 Å². The van der Waals surface area contributed by atoms with E-state index in [4.69, 9.17) is 0 Å². The molecule has 0 spiro atoms. The smallest absolute Gasteiger partial charge is 0.267 e. The SMILES string of the molecule is CCN(Cc1ccccc1)C(=O)C(C)Sc1nnc2n(-c3ccc(C)cc3)c(=O)c3ccccc3n12. The molecule has 36 heavy (non-hydrogen) atoms. The van der Waals surface area contributed by atoms with Gasteiger partial charge in [0.1, 0.15) is 0 Å². The summed E-state index contributed by atoms with van der Waals surface area (Å²) < 4.78 is 3.46. The highest BCUT2D eigenvalue weighted by Gasteiger charge is 2.25. The van der Waals surface area contributed by atoms with Crippen LogP contribution < -0.4 is 5.56 Å². The average Bonchev–Trinajstić information content (AvgIpc) is 3.31. The Balaban J connectivity index is 1.55. The van der Waals surface area contributed by atoms with Gasteiger partial charge in [-0.25, -0.2) is 4.57 Å². The van der Waals surface area contributed by atoms with Gasteiger partial charge in [-0.1, -0.05) is 71.9 Å². The number of carbonyl (C=O) groups excluding carboxylic acids is 1. The summed E-state index contributed by atoms with van der Waals surface area (Å²) in [6.45, 7) is 7.04. The molecule has 0 fully saturated rings. The molecular weight excluding hydrogens is 470 g/mol. The third-order valence-electron chi connectivity index (χ3n) is 6.23. The third kappa shape index (κ3) is 4.40. The summed E-state index contributed by atoms with van der Waals surface area (Å²) in [7, 11) is 0. The molecule has 0 N–H and O–H groups in total. The Labute approximate surface area is 213 Å². The first-order valence-electron chi connectivity index (χ1n) is 11.9. The predicted molar refractivity (Wildman–Crippen MR) is 144 cm³/mol. The number of nitrogens with zero attached hydrogens (tertiary/aromatic N) is 5. The molecule has 8 heteroatoms. The lowest BCUT2D eigenvalue weighted by Crippen LogP contribution is -2.36. The number of carbonyl (C=O) groups is 1. The topological polar surface area (TPSA) is 72.5 Å². The van der Waals surface area contributed by atoms with Crippen molar-refractivity contribution in [3.63, 3.8) is 0 Å². The van der Waals surface area contributed by atoms with Crippen LogP contribution in [0, 0.1) is 6.92 Å². The maximum Gasteiger partial charge on any atom is 0.267 e. The molecule has 5 rings (SSSR count). The maximum absolute atomic E-state index is 13.5. The van der Waals surface area contributed by atoms with E-state index in [1.165, 1.54) is 11.8 Å². The Morgan fingerprint density at radius 1 is 0.972 bits per heavy atom. The van der Waals surface area contributed by atoms with Crippen molar-refractivity contribution in [1.82, 2.24) is 24.1 Å². The van der Waals surface area contributed by atoms with Gasteiger partial charge in [-0.05, 0) is 50.6 Å². The quantitative estimate of drug-likeness (QED) is 0.300. The minimum atomic E-state index is -0.389. The minimum Gasteiger partial charge on any atom is -0.338 e. The molecule has 2 aromatic heterocycles. The Morgan fingerprint density at radius 2 is 1.67 bits per heavy atom. The van der Waals surface area contributed by atoms with E-state index < -0.39 is 0 Å². The number of rotatable bonds is 7. The van der Waals surface area contributed by atoms with Gasteiger partial charge in [0, 0.05) is 13.1 Å². The summed E-state index contributed by atoms with van der Waals surface area (Å²) >= 11 is 1.35. The first kappa shape index (κ1) is 23.8. The second-order valence-electron chi connectivity index (χ2n) is 8.71. The Kier molecular flexibility index (Phi) is 6.61. The standard InChI is InChI=1S/C28H27N5O2S/c1-4-31(18-21-10-6-5-7-11-21)25(34)20(3)36-28-30-29-27-32(22-16-14-19(2)15-17-22)26(35)23-12-8-9-13-24(23)33(27)28/h5-17,20H,4,18H2,1-3H3. The van der Waals surface area contributed by atoms with Crippen LogP contribution in [-0.4, -0.2) is 41.8 Å². The number of fused-ring (bicyclic) bond motifs is 3. The van der Waals surface area contributed by atoms with Gasteiger partial charge in [-0.15, -0.1) is 10.2 Å². The Morgan fingerprint density at radius 3 is 2.39 bits per heavy atom. The van der Waals surface area contributed by atoms with E-state index in [2.05, 4.69) is 10.2 Å². The van der Waals surface area contributed by atoms with Gasteiger partial charge >= 0.3 is 0 Å². The summed E-state index contributed by atoms with van der Waals surface area (Å²) in [5.74, 6) is 0.445. The maximum atomic E-state index is 13.5. The monoisotopic (exact) mass is 497 g/mol. The molecule has 0 saturated carbocycles. The lowest BCUT2D eigenvalue weighted by Gasteiger charge is -2.24. The van der Waals surface area contributed by atoms with E-state index >= 15 is 0 Å². The van der Waals surface area contributed by atoms with Gasteiger partial charge in [0.2, 0.25) is 11.7 Å². The van der Waals surface area contributed by atoms with E-state index in [9.17, 15) is 9.59 Å². The fourth-order valence-corrected chi connectivity index (χ4v) is 5.24. The number of benzene rings is 3. The van der Waals surface area contributed by atoms with Gasteiger partial charge in [-0.3, -0.25) is 14.0 Å². The van der Waals surface area contributed by atoms with Crippen molar-refractivity contribution >= 4 is 34.3 Å². The number of hydrogen-bond acceptors (Lipinski definition) is 5. The summed E-state index contributed by atoms with van der Waals surface area (Å²) in [6.07, 6.45) is 0. The van der Waals surface area contributed by atoms with Crippen LogP contribution in [0.2, 0.25) is 0 Å². The van der Waals surface area contributed by atoms with Gasteiger partial charge in [0.25, 0.3) is 5.56 Å². The summed E-state index contributed by atoms with van der Waals surface area (Å²) in [4.78, 5) is 28.7. The molecule has 0 aliphatic carbocycles. The van der Waals surface area contributed by atoms with Crippen molar-refractivity contribution in [3.05, 3.63) is 100 Å². The number of aryl methyl sites for hydroxylation is 1. The zero-order valence-corrected chi connectivity index (χ0v) is 21.3. The van der Waals surface area contributed by atoms with Crippen LogP contribution in [0.5, 0.6) is 0 Å². The molecule has 182 valence electrons. The van der Waals surface area contributed by atoms with Crippen LogP contribution in [0.4, 0.5) is 0 Å². The molecule has 1 unspecified atom stereocenters. The van der Waals surface area contributed by atoms with Crippen LogP contribution in [-0.2, 0) is 11.3 Å². The van der Waals surface area contributed by atoms with Crippen LogP contribution >= 0.6 is 11.8 Å². The molecule has 2 heterocycles. The molecule has 0 aliphatic heterocycles. The van der Waals surface area contributed by atoms with Gasteiger partial charge in [-0.2, -0.15) is 0 Å². The molecule has 7 nitrogen and oxygen atoms in total. The number of thioether (sulfide) groups is 1. The highest BCUT2D eigenvalue weighted by atomic mass is 32.2. The fraction of sp³-hybridized carbons (Fsp3) is 0.214. The molecule has 0 saturated heterocycles. The molecule has 3 aromatic carbocycles. The molecular formula is C28H27N5O2S. The van der Waals surface area contributed by atoms with E-state index in [-0.39, 0.29) is 16.7 Å². The van der Waals surface area contributed by atoms with Crippen LogP contribution in [0.3, 0.4) is 0 Å². The van der Waals surface area contributed by atoms with Crippen molar-refractivity contribution in [2.24, 2.45) is 0 Å². The Hall–Kier alpha value is -3.91. The highest BCUT2D eigenvalue weighted by Crippen LogP contribution is 2.27. The van der Waals surface area contributed by atoms with Gasteiger partial charge < -0.3 is 4.90 Å².